The molecule has 2 amide bonds. The summed E-state index contributed by atoms with van der Waals surface area (Å²) >= 11 is 6.35. The lowest BCUT2D eigenvalue weighted by atomic mass is 9.85. The fourth-order valence-electron chi connectivity index (χ4n) is 4.31. The van der Waals surface area contributed by atoms with Crippen LogP contribution in [0.3, 0.4) is 0 Å². The van der Waals surface area contributed by atoms with Gasteiger partial charge in [-0.05, 0) is 25.7 Å². The fraction of sp³-hybridized carbons (Fsp3) is 0.619. The number of amides is 2. The van der Waals surface area contributed by atoms with Crippen LogP contribution < -0.4 is 5.32 Å². The maximum atomic E-state index is 13.2. The monoisotopic (exact) mass is 434 g/mol. The van der Waals surface area contributed by atoms with Gasteiger partial charge in [0.2, 0.25) is 5.91 Å². The maximum absolute atomic E-state index is 13.2. The highest BCUT2D eigenvalue weighted by atomic mass is 35.5. The van der Waals surface area contributed by atoms with Crippen LogP contribution in [0.5, 0.6) is 0 Å². The number of aliphatic hydroxyl groups excluding tert-OH is 1. The van der Waals surface area contributed by atoms with Crippen LogP contribution in [-0.2, 0) is 14.3 Å². The molecule has 4 atom stereocenters. The summed E-state index contributed by atoms with van der Waals surface area (Å²) in [7, 11) is 0. The van der Waals surface area contributed by atoms with E-state index in [0.29, 0.717) is 17.6 Å². The molecule has 1 heterocycles. The Labute approximate surface area is 180 Å². The molecule has 162 valence electrons. The standard InChI is InChI=1S/C21H27ClN4O4/c1-11(13(8-23)15-16(22)18(15)30-10-12-2-3-12)26-9-14(21(4-5-21)20(26)29)17(24)19(28)25-6-7-27/h4-5,8,11-15,23-24,27H,2-3,6-7,9-10H2,1H3,(H,25,28). The summed E-state index contributed by atoms with van der Waals surface area (Å²) in [4.78, 5) is 27.1. The van der Waals surface area contributed by atoms with Gasteiger partial charge in [0.25, 0.3) is 5.91 Å². The van der Waals surface area contributed by atoms with E-state index in [4.69, 9.17) is 32.3 Å². The molecule has 4 aliphatic rings. The number of hydrogen-bond donors (Lipinski definition) is 4. The van der Waals surface area contributed by atoms with E-state index in [2.05, 4.69) is 5.32 Å². The molecule has 8 nitrogen and oxygen atoms in total. The van der Waals surface area contributed by atoms with Gasteiger partial charge in [0.1, 0.15) is 11.5 Å². The Hall–Kier alpha value is -2.19. The van der Waals surface area contributed by atoms with E-state index in [-0.39, 0.29) is 49.2 Å². The number of nitrogens with one attached hydrogen (secondary N) is 3. The summed E-state index contributed by atoms with van der Waals surface area (Å²) in [5, 5.41) is 28.2. The first kappa shape index (κ1) is 21.1. The highest BCUT2D eigenvalue weighted by Crippen LogP contribution is 2.53. The number of carbonyl (C=O) groups excluding carboxylic acids is 2. The molecule has 0 aromatic carbocycles. The van der Waals surface area contributed by atoms with Crippen molar-refractivity contribution in [2.45, 2.75) is 25.8 Å². The third-order valence-corrected chi connectivity index (χ3v) is 7.03. The predicted molar refractivity (Wildman–Crippen MR) is 111 cm³/mol. The van der Waals surface area contributed by atoms with Crippen LogP contribution in [0.4, 0.5) is 0 Å². The third-order valence-electron chi connectivity index (χ3n) is 6.61. The van der Waals surface area contributed by atoms with Crippen LogP contribution in [0.25, 0.3) is 0 Å². The smallest absolute Gasteiger partial charge is 0.265 e. The van der Waals surface area contributed by atoms with Gasteiger partial charge in [0.15, 0.2) is 0 Å². The summed E-state index contributed by atoms with van der Waals surface area (Å²) < 4.78 is 5.83. The lowest BCUT2D eigenvalue weighted by molar-refractivity contribution is -0.133. The fourth-order valence-corrected chi connectivity index (χ4v) is 4.67. The molecule has 1 aliphatic heterocycles. The van der Waals surface area contributed by atoms with Crippen molar-refractivity contribution >= 4 is 35.3 Å². The Balaban J connectivity index is 1.43. The number of nitrogens with zero attached hydrogens (tertiary/aromatic N) is 1. The predicted octanol–water partition coefficient (Wildman–Crippen LogP) is 1.29. The van der Waals surface area contributed by atoms with Crippen molar-refractivity contribution in [1.82, 2.24) is 10.2 Å². The Morgan fingerprint density at radius 1 is 1.50 bits per heavy atom. The number of halogens is 1. The average molecular weight is 435 g/mol. The number of rotatable bonds is 11. The summed E-state index contributed by atoms with van der Waals surface area (Å²) in [6.07, 6.45) is 7.16. The Morgan fingerprint density at radius 2 is 2.20 bits per heavy atom. The molecule has 4 N–H and O–H groups in total. The molecular weight excluding hydrogens is 408 g/mol. The Morgan fingerprint density at radius 3 is 2.77 bits per heavy atom. The van der Waals surface area contributed by atoms with Crippen LogP contribution in [0, 0.1) is 39.9 Å². The van der Waals surface area contributed by atoms with Gasteiger partial charge in [-0.15, -0.1) is 0 Å². The molecule has 0 aromatic rings. The zero-order valence-corrected chi connectivity index (χ0v) is 17.6. The van der Waals surface area contributed by atoms with Gasteiger partial charge in [-0.2, -0.15) is 0 Å². The highest BCUT2D eigenvalue weighted by Gasteiger charge is 2.61. The van der Waals surface area contributed by atoms with Crippen molar-refractivity contribution in [3.05, 3.63) is 22.9 Å². The zero-order valence-electron chi connectivity index (χ0n) is 16.9. The number of allylic oxidation sites excluding steroid dienone is 2. The highest BCUT2D eigenvalue weighted by molar-refractivity contribution is 6.39. The van der Waals surface area contributed by atoms with E-state index in [1.54, 1.807) is 17.1 Å². The second-order valence-electron chi connectivity index (χ2n) is 8.60. The normalized spacial score (nSPS) is 27.8. The molecule has 4 rings (SSSR count). The maximum Gasteiger partial charge on any atom is 0.265 e. The number of aliphatic hydroxyl groups is 1. The molecule has 1 saturated carbocycles. The van der Waals surface area contributed by atoms with Crippen LogP contribution in [0.1, 0.15) is 19.8 Å². The molecule has 9 heteroatoms. The van der Waals surface area contributed by atoms with Crippen LogP contribution >= 0.6 is 11.6 Å². The first-order chi connectivity index (χ1) is 14.4. The van der Waals surface area contributed by atoms with Crippen molar-refractivity contribution in [1.29, 1.82) is 10.8 Å². The first-order valence-corrected chi connectivity index (χ1v) is 10.8. The quantitative estimate of drug-likeness (QED) is 0.288. The number of ether oxygens (including phenoxy) is 1. The van der Waals surface area contributed by atoms with Crippen molar-refractivity contribution < 1.29 is 19.4 Å². The van der Waals surface area contributed by atoms with E-state index >= 15 is 0 Å². The van der Waals surface area contributed by atoms with E-state index in [9.17, 15) is 9.59 Å². The molecule has 1 saturated heterocycles. The van der Waals surface area contributed by atoms with Gasteiger partial charge in [-0.25, -0.2) is 0 Å². The summed E-state index contributed by atoms with van der Waals surface area (Å²) in [6, 6.07) is -0.326. The van der Waals surface area contributed by atoms with Crippen LogP contribution in [0.15, 0.2) is 22.9 Å². The number of carbonyl (C=O) groups is 2. The third kappa shape index (κ3) is 3.56. The van der Waals surface area contributed by atoms with E-state index in [1.165, 1.54) is 19.1 Å². The molecular formula is C21H27ClN4O4. The second-order valence-corrected chi connectivity index (χ2v) is 9.01. The minimum absolute atomic E-state index is 0.0633. The molecule has 30 heavy (non-hydrogen) atoms. The lowest BCUT2D eigenvalue weighted by Crippen LogP contribution is -2.43. The minimum Gasteiger partial charge on any atom is -0.496 e. The van der Waals surface area contributed by atoms with E-state index in [1.807, 2.05) is 6.92 Å². The van der Waals surface area contributed by atoms with Gasteiger partial charge in [0.05, 0.1) is 29.6 Å². The minimum atomic E-state index is -0.916. The van der Waals surface area contributed by atoms with Crippen molar-refractivity contribution in [3.8, 4) is 0 Å². The summed E-state index contributed by atoms with van der Waals surface area (Å²) in [6.45, 7) is 2.61. The van der Waals surface area contributed by atoms with Gasteiger partial charge in [0, 0.05) is 37.2 Å². The van der Waals surface area contributed by atoms with Gasteiger partial charge in [-0.3, -0.25) is 15.0 Å². The molecule has 2 fully saturated rings. The van der Waals surface area contributed by atoms with Gasteiger partial charge in [-0.1, -0.05) is 23.8 Å². The number of likely N-dealkylation sites (tertiary alicyclic amines) is 1. The van der Waals surface area contributed by atoms with Crippen LogP contribution in [-0.4, -0.2) is 66.1 Å². The largest absolute Gasteiger partial charge is 0.496 e. The summed E-state index contributed by atoms with van der Waals surface area (Å²) in [5.74, 6) is -0.473. The molecule has 3 aliphatic carbocycles. The summed E-state index contributed by atoms with van der Waals surface area (Å²) in [5.41, 5.74) is -1.08. The molecule has 0 radical (unpaired) electrons. The van der Waals surface area contributed by atoms with Gasteiger partial charge < -0.3 is 25.5 Å². The van der Waals surface area contributed by atoms with Crippen LogP contribution in [0.2, 0.25) is 0 Å². The van der Waals surface area contributed by atoms with E-state index in [0.717, 1.165) is 5.76 Å². The van der Waals surface area contributed by atoms with E-state index < -0.39 is 17.2 Å². The lowest BCUT2D eigenvalue weighted by Gasteiger charge is -2.30. The van der Waals surface area contributed by atoms with Crippen molar-refractivity contribution in [2.75, 3.05) is 26.3 Å². The Bertz CT molecular complexity index is 844. The molecule has 1 spiro atoms. The first-order valence-electron chi connectivity index (χ1n) is 10.4. The van der Waals surface area contributed by atoms with Crippen molar-refractivity contribution in [3.63, 3.8) is 0 Å². The SMILES string of the molecule is CC(C(C=N)C1C(Cl)=C1OCC1CC1)N1CC(C(=N)C(=O)NCCO)C2(C=C2)C1=O. The zero-order chi connectivity index (χ0) is 21.6. The molecule has 0 aromatic heterocycles. The molecule has 0 bridgehead atoms. The average Bonchev–Trinajstić information content (AvgIpc) is 3.62. The molecule has 4 unspecified atom stereocenters. The van der Waals surface area contributed by atoms with Gasteiger partial charge >= 0.3 is 0 Å². The van der Waals surface area contributed by atoms with Crippen molar-refractivity contribution in [2.24, 2.45) is 29.1 Å². The Kier molecular flexibility index (Phi) is 5.48. The second kappa shape index (κ2) is 7.81. The number of hydrogen-bond acceptors (Lipinski definition) is 6. The topological polar surface area (TPSA) is 127 Å².